The molecule has 0 amide bonds. The summed E-state index contributed by atoms with van der Waals surface area (Å²) >= 11 is 0. The molecular formula is C15H25NO. The molecule has 1 aromatic rings. The Labute approximate surface area is 105 Å². The van der Waals surface area contributed by atoms with E-state index in [-0.39, 0.29) is 0 Å². The van der Waals surface area contributed by atoms with Crippen LogP contribution < -0.4 is 10.1 Å². The van der Waals surface area contributed by atoms with Crippen LogP contribution in [0.2, 0.25) is 0 Å². The SMILES string of the molecule is Cc1ccccc1OCCNCCC(C)(C)C. The number of nitrogens with one attached hydrogen (secondary N) is 1. The second kappa shape index (κ2) is 6.65. The van der Waals surface area contributed by atoms with E-state index in [0.29, 0.717) is 5.41 Å². The van der Waals surface area contributed by atoms with Gasteiger partial charge < -0.3 is 10.1 Å². The Hall–Kier alpha value is -1.02. The standard InChI is InChI=1S/C15H25NO/c1-13-7-5-6-8-14(13)17-12-11-16-10-9-15(2,3)4/h5-8,16H,9-12H2,1-4H3. The Morgan fingerprint density at radius 1 is 1.12 bits per heavy atom. The van der Waals surface area contributed by atoms with Crippen LogP contribution in [0.5, 0.6) is 5.75 Å². The summed E-state index contributed by atoms with van der Waals surface area (Å²) < 4.78 is 5.71. The van der Waals surface area contributed by atoms with Crippen molar-refractivity contribution in [3.63, 3.8) is 0 Å². The van der Waals surface area contributed by atoms with Gasteiger partial charge in [0.2, 0.25) is 0 Å². The summed E-state index contributed by atoms with van der Waals surface area (Å²) in [6, 6.07) is 8.13. The van der Waals surface area contributed by atoms with Gasteiger partial charge in [-0.1, -0.05) is 39.0 Å². The molecule has 0 saturated carbocycles. The van der Waals surface area contributed by atoms with E-state index in [4.69, 9.17) is 4.74 Å². The lowest BCUT2D eigenvalue weighted by molar-refractivity contribution is 0.302. The molecule has 0 spiro atoms. The van der Waals surface area contributed by atoms with Crippen LogP contribution in [-0.4, -0.2) is 19.7 Å². The van der Waals surface area contributed by atoms with E-state index < -0.39 is 0 Å². The second-order valence-electron chi connectivity index (χ2n) is 5.67. The van der Waals surface area contributed by atoms with Crippen LogP contribution in [-0.2, 0) is 0 Å². The highest BCUT2D eigenvalue weighted by molar-refractivity contribution is 5.31. The molecular weight excluding hydrogens is 210 g/mol. The maximum absolute atomic E-state index is 5.71. The summed E-state index contributed by atoms with van der Waals surface area (Å²) in [7, 11) is 0. The number of benzene rings is 1. The van der Waals surface area contributed by atoms with Gasteiger partial charge in [-0.2, -0.15) is 0 Å². The minimum atomic E-state index is 0.407. The Morgan fingerprint density at radius 2 is 1.82 bits per heavy atom. The van der Waals surface area contributed by atoms with Crippen molar-refractivity contribution in [2.75, 3.05) is 19.7 Å². The summed E-state index contributed by atoms with van der Waals surface area (Å²) in [5.74, 6) is 0.991. The van der Waals surface area contributed by atoms with Gasteiger partial charge in [0, 0.05) is 6.54 Å². The van der Waals surface area contributed by atoms with Crippen molar-refractivity contribution in [1.29, 1.82) is 0 Å². The van der Waals surface area contributed by atoms with Crippen molar-refractivity contribution in [3.8, 4) is 5.75 Å². The van der Waals surface area contributed by atoms with Crippen molar-refractivity contribution < 1.29 is 4.74 Å². The predicted molar refractivity (Wildman–Crippen MR) is 73.6 cm³/mol. The van der Waals surface area contributed by atoms with Crippen molar-refractivity contribution >= 4 is 0 Å². The minimum Gasteiger partial charge on any atom is -0.492 e. The fourth-order valence-electron chi connectivity index (χ4n) is 1.54. The summed E-state index contributed by atoms with van der Waals surface area (Å²) in [5.41, 5.74) is 1.60. The number of hydrogen-bond donors (Lipinski definition) is 1. The van der Waals surface area contributed by atoms with Gasteiger partial charge in [-0.15, -0.1) is 0 Å². The third-order valence-corrected chi connectivity index (χ3v) is 2.68. The monoisotopic (exact) mass is 235 g/mol. The second-order valence-corrected chi connectivity index (χ2v) is 5.67. The molecule has 0 unspecified atom stereocenters. The maximum Gasteiger partial charge on any atom is 0.122 e. The molecule has 2 heteroatoms. The molecule has 17 heavy (non-hydrogen) atoms. The van der Waals surface area contributed by atoms with Crippen molar-refractivity contribution in [3.05, 3.63) is 29.8 Å². The third kappa shape index (κ3) is 6.32. The molecule has 0 bridgehead atoms. The lowest BCUT2D eigenvalue weighted by Gasteiger charge is -2.18. The van der Waals surface area contributed by atoms with Crippen LogP contribution in [0.4, 0.5) is 0 Å². The van der Waals surface area contributed by atoms with Gasteiger partial charge in [0.25, 0.3) is 0 Å². The van der Waals surface area contributed by atoms with Crippen molar-refractivity contribution in [2.45, 2.75) is 34.1 Å². The van der Waals surface area contributed by atoms with Gasteiger partial charge in [-0.3, -0.25) is 0 Å². The first-order valence-electron chi connectivity index (χ1n) is 6.38. The van der Waals surface area contributed by atoms with E-state index >= 15 is 0 Å². The van der Waals surface area contributed by atoms with E-state index in [9.17, 15) is 0 Å². The highest BCUT2D eigenvalue weighted by Crippen LogP contribution is 2.17. The molecule has 0 aromatic heterocycles. The molecule has 1 aromatic carbocycles. The van der Waals surface area contributed by atoms with Crippen LogP contribution in [0.3, 0.4) is 0 Å². The molecule has 1 N–H and O–H groups in total. The van der Waals surface area contributed by atoms with E-state index in [1.807, 2.05) is 18.2 Å². The summed E-state index contributed by atoms with van der Waals surface area (Å²) in [6.07, 6.45) is 1.19. The predicted octanol–water partition coefficient (Wildman–Crippen LogP) is 3.40. The van der Waals surface area contributed by atoms with E-state index in [1.165, 1.54) is 12.0 Å². The number of para-hydroxylation sites is 1. The third-order valence-electron chi connectivity index (χ3n) is 2.68. The number of aryl methyl sites for hydroxylation is 1. The molecule has 0 radical (unpaired) electrons. The van der Waals surface area contributed by atoms with Gasteiger partial charge in [0.05, 0.1) is 0 Å². The summed E-state index contributed by atoms with van der Waals surface area (Å²) in [6.45, 7) is 11.6. The smallest absolute Gasteiger partial charge is 0.122 e. The van der Waals surface area contributed by atoms with Crippen LogP contribution >= 0.6 is 0 Å². The average Bonchev–Trinajstić information content (AvgIpc) is 2.24. The largest absolute Gasteiger partial charge is 0.492 e. The molecule has 0 heterocycles. The van der Waals surface area contributed by atoms with Gasteiger partial charge >= 0.3 is 0 Å². The van der Waals surface area contributed by atoms with E-state index in [1.54, 1.807) is 0 Å². The van der Waals surface area contributed by atoms with Crippen molar-refractivity contribution in [1.82, 2.24) is 5.32 Å². The first kappa shape index (κ1) is 14.0. The summed E-state index contributed by atoms with van der Waals surface area (Å²) in [5, 5.41) is 3.41. The first-order chi connectivity index (χ1) is 7.99. The lowest BCUT2D eigenvalue weighted by Crippen LogP contribution is -2.25. The normalized spacial score (nSPS) is 11.5. The molecule has 0 saturated heterocycles. The number of ether oxygens (including phenoxy) is 1. The van der Waals surface area contributed by atoms with Gasteiger partial charge in [-0.05, 0) is 36.9 Å². The average molecular weight is 235 g/mol. The molecule has 0 aliphatic rings. The topological polar surface area (TPSA) is 21.3 Å². The molecule has 0 aliphatic carbocycles. The fourth-order valence-corrected chi connectivity index (χ4v) is 1.54. The Morgan fingerprint density at radius 3 is 2.47 bits per heavy atom. The first-order valence-corrected chi connectivity index (χ1v) is 6.38. The highest BCUT2D eigenvalue weighted by atomic mass is 16.5. The van der Waals surface area contributed by atoms with Crippen LogP contribution in [0.1, 0.15) is 32.8 Å². The van der Waals surface area contributed by atoms with E-state index in [2.05, 4.69) is 39.1 Å². The maximum atomic E-state index is 5.71. The molecule has 1 rings (SSSR count). The van der Waals surface area contributed by atoms with E-state index in [0.717, 1.165) is 25.4 Å². The summed E-state index contributed by atoms with van der Waals surface area (Å²) in [4.78, 5) is 0. The number of hydrogen-bond acceptors (Lipinski definition) is 2. The van der Waals surface area contributed by atoms with Crippen LogP contribution in [0, 0.1) is 12.3 Å². The van der Waals surface area contributed by atoms with Gasteiger partial charge in [0.15, 0.2) is 0 Å². The van der Waals surface area contributed by atoms with Crippen molar-refractivity contribution in [2.24, 2.45) is 5.41 Å². The Kier molecular flexibility index (Phi) is 5.49. The minimum absolute atomic E-state index is 0.407. The highest BCUT2D eigenvalue weighted by Gasteiger charge is 2.08. The van der Waals surface area contributed by atoms with Gasteiger partial charge in [-0.25, -0.2) is 0 Å². The Bertz CT molecular complexity index is 328. The molecule has 96 valence electrons. The number of rotatable bonds is 6. The van der Waals surface area contributed by atoms with Crippen LogP contribution in [0.15, 0.2) is 24.3 Å². The zero-order chi connectivity index (χ0) is 12.7. The molecule has 0 fully saturated rings. The van der Waals surface area contributed by atoms with Crippen LogP contribution in [0.25, 0.3) is 0 Å². The zero-order valence-corrected chi connectivity index (χ0v) is 11.5. The lowest BCUT2D eigenvalue weighted by atomic mass is 9.92. The Balaban J connectivity index is 2.11. The molecule has 0 aliphatic heterocycles. The molecule has 0 atom stereocenters. The zero-order valence-electron chi connectivity index (χ0n) is 11.5. The quantitative estimate of drug-likeness (QED) is 0.763. The van der Waals surface area contributed by atoms with Gasteiger partial charge in [0.1, 0.15) is 12.4 Å². The fraction of sp³-hybridized carbons (Fsp3) is 0.600. The molecule has 2 nitrogen and oxygen atoms in total.